The van der Waals surface area contributed by atoms with Gasteiger partial charge in [-0.2, -0.15) is 13.2 Å². The molecule has 54 heavy (non-hydrogen) atoms. The number of pyridine rings is 1. The van der Waals surface area contributed by atoms with Gasteiger partial charge in [-0.25, -0.2) is 0 Å². The molecule has 2 amide bonds. The minimum Gasteiger partial charge on any atom is -0.338 e. The van der Waals surface area contributed by atoms with Gasteiger partial charge in [0.05, 0.1) is 11.3 Å². The number of benzene rings is 4. The topological polar surface area (TPSA) is 56.8 Å². The number of halogens is 3. The van der Waals surface area contributed by atoms with Crippen LogP contribution >= 0.6 is 0 Å². The maximum absolute atomic E-state index is 14.6. The van der Waals surface area contributed by atoms with E-state index in [1.54, 1.807) is 11.1 Å². The lowest BCUT2D eigenvalue weighted by atomic mass is 10.0. The van der Waals surface area contributed by atoms with Gasteiger partial charge in [-0.15, -0.1) is 0 Å². The number of carbonyl (C=O) groups is 2. The van der Waals surface area contributed by atoms with Crippen LogP contribution in [0.15, 0.2) is 134 Å². The van der Waals surface area contributed by atoms with Crippen LogP contribution in [-0.4, -0.2) is 63.7 Å². The van der Waals surface area contributed by atoms with E-state index < -0.39 is 23.7 Å². The zero-order chi connectivity index (χ0) is 38.1. The highest BCUT2D eigenvalue weighted by molar-refractivity contribution is 5.95. The summed E-state index contributed by atoms with van der Waals surface area (Å²) < 4.78 is 39.6. The quantitative estimate of drug-likeness (QED) is 0.120. The molecule has 0 radical (unpaired) electrons. The van der Waals surface area contributed by atoms with Gasteiger partial charge in [0.15, 0.2) is 0 Å². The van der Waals surface area contributed by atoms with Crippen molar-refractivity contribution in [2.45, 2.75) is 51.5 Å². The fourth-order valence-electron chi connectivity index (χ4n) is 6.67. The van der Waals surface area contributed by atoms with Crippen molar-refractivity contribution in [3.63, 3.8) is 0 Å². The van der Waals surface area contributed by atoms with Crippen LogP contribution in [0.2, 0.25) is 0 Å². The van der Waals surface area contributed by atoms with Crippen LogP contribution in [0.25, 0.3) is 17.3 Å². The Bertz CT molecular complexity index is 1990. The lowest BCUT2D eigenvalue weighted by Gasteiger charge is -2.39. The molecule has 6 rings (SSSR count). The van der Waals surface area contributed by atoms with Crippen LogP contribution in [0.3, 0.4) is 0 Å². The number of hydrogen-bond acceptors (Lipinski definition) is 4. The van der Waals surface area contributed by atoms with Gasteiger partial charge in [-0.3, -0.25) is 19.5 Å². The Labute approximate surface area is 315 Å². The summed E-state index contributed by atoms with van der Waals surface area (Å²) in [5, 5.41) is 0. The molecule has 278 valence electrons. The van der Waals surface area contributed by atoms with Gasteiger partial charge in [0.1, 0.15) is 6.04 Å². The lowest BCUT2D eigenvalue weighted by molar-refractivity contribution is -0.145. The first-order chi connectivity index (χ1) is 26.0. The van der Waals surface area contributed by atoms with E-state index in [1.165, 1.54) is 35.4 Å². The summed E-state index contributed by atoms with van der Waals surface area (Å²) in [6.07, 6.45) is 0.412. The van der Waals surface area contributed by atoms with Crippen molar-refractivity contribution < 1.29 is 22.8 Å². The third kappa shape index (κ3) is 10.1. The molecule has 1 aromatic heterocycles. The second-order valence-electron chi connectivity index (χ2n) is 14.0. The maximum Gasteiger partial charge on any atom is 0.416 e. The highest BCUT2D eigenvalue weighted by atomic mass is 19.4. The highest BCUT2D eigenvalue weighted by Crippen LogP contribution is 2.29. The van der Waals surface area contributed by atoms with E-state index in [0.717, 1.165) is 41.1 Å². The average Bonchev–Trinajstić information content (AvgIpc) is 3.19. The van der Waals surface area contributed by atoms with Crippen molar-refractivity contribution in [2.24, 2.45) is 0 Å². The molecule has 0 saturated carbocycles. The largest absolute Gasteiger partial charge is 0.416 e. The molecule has 0 unspecified atom stereocenters. The fraction of sp³-hybridized carbons (Fsp3) is 0.267. The molecule has 6 nitrogen and oxygen atoms in total. The van der Waals surface area contributed by atoms with E-state index >= 15 is 0 Å². The number of nitrogens with zero attached hydrogens (tertiary/aromatic N) is 4. The Balaban J connectivity index is 1.25. The summed E-state index contributed by atoms with van der Waals surface area (Å²) in [6.45, 7) is 7.75. The smallest absolute Gasteiger partial charge is 0.338 e. The van der Waals surface area contributed by atoms with Gasteiger partial charge in [0.25, 0.3) is 0 Å². The molecule has 2 heterocycles. The molecule has 0 spiro atoms. The van der Waals surface area contributed by atoms with Gasteiger partial charge < -0.3 is 9.80 Å². The van der Waals surface area contributed by atoms with Crippen LogP contribution in [0.4, 0.5) is 13.2 Å². The zero-order valence-corrected chi connectivity index (χ0v) is 30.6. The Kier molecular flexibility index (Phi) is 12.4. The summed E-state index contributed by atoms with van der Waals surface area (Å²) in [7, 11) is 0. The first-order valence-corrected chi connectivity index (χ1v) is 18.3. The Morgan fingerprint density at radius 2 is 1.41 bits per heavy atom. The molecule has 0 bridgehead atoms. The monoisotopic (exact) mass is 730 g/mol. The second-order valence-corrected chi connectivity index (χ2v) is 14.0. The van der Waals surface area contributed by atoms with Crippen molar-refractivity contribution in [3.8, 4) is 11.3 Å². The number of aromatic nitrogens is 1. The van der Waals surface area contributed by atoms with Gasteiger partial charge in [-0.1, -0.05) is 111 Å². The number of piperazine rings is 1. The number of rotatable bonds is 12. The third-order valence-electron chi connectivity index (χ3n) is 9.88. The molecule has 9 heteroatoms. The molecule has 4 aromatic carbocycles. The molecule has 0 N–H and O–H groups in total. The molecular weight excluding hydrogens is 686 g/mol. The normalized spacial score (nSPS) is 14.4. The molecule has 1 fully saturated rings. The molecule has 1 aliphatic heterocycles. The van der Waals surface area contributed by atoms with Gasteiger partial charge >= 0.3 is 6.18 Å². The Morgan fingerprint density at radius 1 is 0.759 bits per heavy atom. The molecule has 0 aliphatic carbocycles. The van der Waals surface area contributed by atoms with Crippen molar-refractivity contribution in [2.75, 3.05) is 26.2 Å². The zero-order valence-electron chi connectivity index (χ0n) is 30.6. The van der Waals surface area contributed by atoms with Crippen molar-refractivity contribution in [1.82, 2.24) is 19.7 Å². The Morgan fingerprint density at radius 3 is 2.02 bits per heavy atom. The van der Waals surface area contributed by atoms with Crippen molar-refractivity contribution in [1.29, 1.82) is 0 Å². The van der Waals surface area contributed by atoms with Crippen molar-refractivity contribution in [3.05, 3.63) is 167 Å². The van der Waals surface area contributed by atoms with Crippen molar-refractivity contribution >= 4 is 17.9 Å². The minimum atomic E-state index is -4.46. The summed E-state index contributed by atoms with van der Waals surface area (Å²) in [5.74, 6) is -0.0854. The number of alkyl halides is 3. The SMILES string of the molecule is CC(C)c1ccc(CN2CCN(C(=O)[C@H](Cc3ccccc3)N(Cc3ccc(-c4ccccn4)cc3)C(=O)/C=C/c3ccc(C(F)(F)F)cc3)CC2)cc1. The average molecular weight is 731 g/mol. The fourth-order valence-corrected chi connectivity index (χ4v) is 6.67. The molecule has 1 saturated heterocycles. The first kappa shape index (κ1) is 38.2. The van der Waals surface area contributed by atoms with E-state index in [0.29, 0.717) is 44.1 Å². The first-order valence-electron chi connectivity index (χ1n) is 18.3. The van der Waals surface area contributed by atoms with Crippen LogP contribution in [-0.2, 0) is 35.3 Å². The lowest BCUT2D eigenvalue weighted by Crippen LogP contribution is -2.56. The molecule has 1 atom stereocenters. The summed E-state index contributed by atoms with van der Waals surface area (Å²) in [5.41, 5.74) is 5.68. The number of carbonyl (C=O) groups excluding carboxylic acids is 2. The van der Waals surface area contributed by atoms with E-state index in [1.807, 2.05) is 77.7 Å². The van der Waals surface area contributed by atoms with E-state index in [4.69, 9.17) is 0 Å². The second kappa shape index (κ2) is 17.5. The molecule has 1 aliphatic rings. The van der Waals surface area contributed by atoms with Crippen LogP contribution in [0.5, 0.6) is 0 Å². The van der Waals surface area contributed by atoms with E-state index in [9.17, 15) is 22.8 Å². The number of amides is 2. The highest BCUT2D eigenvalue weighted by Gasteiger charge is 2.34. The number of hydrogen-bond donors (Lipinski definition) is 0. The molecular formula is C45H45F3N4O2. The molecule has 5 aromatic rings. The summed E-state index contributed by atoms with van der Waals surface area (Å²) in [6, 6.07) is 35.6. The van der Waals surface area contributed by atoms with E-state index in [2.05, 4.69) is 48.0 Å². The van der Waals surface area contributed by atoms with Crippen LogP contribution in [0, 0.1) is 0 Å². The standard InChI is InChI=1S/C45H45F3N4O2/c1-33(2)38-18-11-36(12-19-38)31-50-26-28-51(29-27-50)44(54)42(30-35-8-4-3-5-9-35)52(32-37-13-20-39(21-14-37)41-10-6-7-25-49-41)43(53)24-17-34-15-22-40(23-16-34)45(46,47)48/h3-25,33,42H,26-32H2,1-2H3/b24-17+/t42-/m0/s1. The van der Waals surface area contributed by atoms with Gasteiger partial charge in [-0.05, 0) is 64.1 Å². The van der Waals surface area contributed by atoms with Crippen LogP contribution in [0.1, 0.15) is 53.1 Å². The van der Waals surface area contributed by atoms with Crippen LogP contribution < -0.4 is 0 Å². The van der Waals surface area contributed by atoms with Gasteiger partial charge in [0.2, 0.25) is 11.8 Å². The predicted molar refractivity (Wildman–Crippen MR) is 207 cm³/mol. The Hall–Kier alpha value is -5.54. The predicted octanol–water partition coefficient (Wildman–Crippen LogP) is 8.89. The minimum absolute atomic E-state index is 0.138. The maximum atomic E-state index is 14.6. The summed E-state index contributed by atoms with van der Waals surface area (Å²) in [4.78, 5) is 39.1. The third-order valence-corrected chi connectivity index (χ3v) is 9.88. The van der Waals surface area contributed by atoms with Gasteiger partial charge in [0, 0.05) is 63.5 Å². The summed E-state index contributed by atoms with van der Waals surface area (Å²) >= 11 is 0. The van der Waals surface area contributed by atoms with E-state index in [-0.39, 0.29) is 12.5 Å².